The molecular weight excluding hydrogens is 222 g/mol. The van der Waals surface area contributed by atoms with Crippen molar-refractivity contribution in [3.05, 3.63) is 29.8 Å². The number of benzene rings is 1. The smallest absolute Gasteiger partial charge is 0.0637 e. The number of anilines is 1. The topological polar surface area (TPSA) is 12.5 Å². The van der Waals surface area contributed by atoms with Gasteiger partial charge in [0.25, 0.3) is 0 Å². The first-order chi connectivity index (χ1) is 7.69. The maximum absolute atomic E-state index is 5.77. The van der Waals surface area contributed by atoms with E-state index in [2.05, 4.69) is 43.0 Å². The van der Waals surface area contributed by atoms with Crippen molar-refractivity contribution in [2.24, 2.45) is 0 Å². The van der Waals surface area contributed by atoms with Gasteiger partial charge in [0.1, 0.15) is 0 Å². The Morgan fingerprint density at radius 2 is 1.88 bits per heavy atom. The molecule has 0 amide bonds. The van der Waals surface area contributed by atoms with Crippen LogP contribution < -0.4 is 4.90 Å². The zero-order valence-electron chi connectivity index (χ0n) is 10.2. The summed E-state index contributed by atoms with van der Waals surface area (Å²) in [6, 6.07) is 8.85. The van der Waals surface area contributed by atoms with Crippen molar-refractivity contribution in [3.63, 3.8) is 0 Å². The van der Waals surface area contributed by atoms with Crippen molar-refractivity contribution in [2.75, 3.05) is 25.2 Å². The van der Waals surface area contributed by atoms with E-state index in [-0.39, 0.29) is 0 Å². The molecular formula is C13H20ClNO. The van der Waals surface area contributed by atoms with E-state index < -0.39 is 0 Å². The van der Waals surface area contributed by atoms with Gasteiger partial charge in [0.05, 0.1) is 6.61 Å². The highest BCUT2D eigenvalue weighted by Crippen LogP contribution is 2.18. The summed E-state index contributed by atoms with van der Waals surface area (Å²) in [5.41, 5.74) is 2.38. The Hall–Kier alpha value is -0.730. The van der Waals surface area contributed by atoms with E-state index in [1.807, 2.05) is 0 Å². The summed E-state index contributed by atoms with van der Waals surface area (Å²) in [5.74, 6) is 0.569. The first-order valence-electron chi connectivity index (χ1n) is 5.59. The van der Waals surface area contributed by atoms with Crippen molar-refractivity contribution < 1.29 is 4.74 Å². The van der Waals surface area contributed by atoms with Crippen LogP contribution in [0.25, 0.3) is 0 Å². The first-order valence-corrected chi connectivity index (χ1v) is 6.13. The number of rotatable bonds is 6. The second-order valence-corrected chi connectivity index (χ2v) is 4.35. The van der Waals surface area contributed by atoms with Crippen molar-refractivity contribution in [3.8, 4) is 0 Å². The van der Waals surface area contributed by atoms with Gasteiger partial charge in [-0.1, -0.05) is 12.1 Å². The molecule has 0 spiro atoms. The average molecular weight is 242 g/mol. The maximum Gasteiger partial charge on any atom is 0.0637 e. The molecule has 1 aromatic rings. The quantitative estimate of drug-likeness (QED) is 0.709. The Labute approximate surface area is 103 Å². The second kappa shape index (κ2) is 6.77. The van der Waals surface area contributed by atoms with E-state index in [1.165, 1.54) is 5.69 Å². The molecule has 0 bridgehead atoms. The Morgan fingerprint density at radius 1 is 1.25 bits per heavy atom. The lowest BCUT2D eigenvalue weighted by Gasteiger charge is -2.28. The van der Waals surface area contributed by atoms with E-state index in [1.54, 1.807) is 7.11 Å². The van der Waals surface area contributed by atoms with Crippen molar-refractivity contribution in [2.45, 2.75) is 25.8 Å². The Balaban J connectivity index is 2.75. The number of nitrogens with zero attached hydrogens (tertiary/aromatic N) is 1. The Morgan fingerprint density at radius 3 is 2.31 bits per heavy atom. The van der Waals surface area contributed by atoms with Gasteiger partial charge in [-0.2, -0.15) is 0 Å². The number of hydrogen-bond acceptors (Lipinski definition) is 2. The van der Waals surface area contributed by atoms with Gasteiger partial charge < -0.3 is 9.64 Å². The van der Waals surface area contributed by atoms with Crippen LogP contribution in [0.2, 0.25) is 0 Å². The van der Waals surface area contributed by atoms with E-state index in [9.17, 15) is 0 Å². The lowest BCUT2D eigenvalue weighted by Crippen LogP contribution is -2.33. The van der Waals surface area contributed by atoms with Crippen molar-refractivity contribution in [1.82, 2.24) is 0 Å². The molecule has 90 valence electrons. The summed E-state index contributed by atoms with van der Waals surface area (Å²) in [6.45, 7) is 6.03. The van der Waals surface area contributed by atoms with Crippen molar-refractivity contribution in [1.29, 1.82) is 0 Å². The van der Waals surface area contributed by atoms with Crippen LogP contribution in [-0.2, 0) is 10.6 Å². The Kier molecular flexibility index (Phi) is 5.64. The monoisotopic (exact) mass is 241 g/mol. The number of ether oxygens (including phenoxy) is 1. The SMILES string of the molecule is COCCN(c1ccc(CCl)cc1)C(C)C. The zero-order chi connectivity index (χ0) is 12.0. The van der Waals surface area contributed by atoms with Crippen LogP contribution >= 0.6 is 11.6 Å². The van der Waals surface area contributed by atoms with Gasteiger partial charge in [-0.3, -0.25) is 0 Å². The molecule has 1 rings (SSSR count). The number of alkyl halides is 1. The molecule has 0 N–H and O–H groups in total. The summed E-state index contributed by atoms with van der Waals surface area (Å²) in [6.07, 6.45) is 0. The fourth-order valence-electron chi connectivity index (χ4n) is 1.65. The number of methoxy groups -OCH3 is 1. The summed E-state index contributed by atoms with van der Waals surface area (Å²) in [5, 5.41) is 0. The summed E-state index contributed by atoms with van der Waals surface area (Å²) >= 11 is 5.77. The highest BCUT2D eigenvalue weighted by Gasteiger charge is 2.09. The predicted molar refractivity (Wildman–Crippen MR) is 70.4 cm³/mol. The Bertz CT molecular complexity index is 297. The third-order valence-corrected chi connectivity index (χ3v) is 2.89. The molecule has 0 saturated heterocycles. The fourth-order valence-corrected chi connectivity index (χ4v) is 1.83. The molecule has 3 heteroatoms. The van der Waals surface area contributed by atoms with Crippen LogP contribution in [0.4, 0.5) is 5.69 Å². The van der Waals surface area contributed by atoms with Gasteiger partial charge in [0.2, 0.25) is 0 Å². The largest absolute Gasteiger partial charge is 0.383 e. The van der Waals surface area contributed by atoms with Gasteiger partial charge in [-0.25, -0.2) is 0 Å². The molecule has 0 heterocycles. The average Bonchev–Trinajstić information content (AvgIpc) is 2.30. The van der Waals surface area contributed by atoms with E-state index >= 15 is 0 Å². The summed E-state index contributed by atoms with van der Waals surface area (Å²) < 4.78 is 5.13. The normalized spacial score (nSPS) is 10.8. The standard InChI is InChI=1S/C13H20ClNO/c1-11(2)15(8-9-16-3)13-6-4-12(10-14)5-7-13/h4-7,11H,8-10H2,1-3H3. The first kappa shape index (κ1) is 13.3. The van der Waals surface area contributed by atoms with Crippen LogP contribution in [0.1, 0.15) is 19.4 Å². The van der Waals surface area contributed by atoms with E-state index in [0.717, 1.165) is 18.7 Å². The third-order valence-electron chi connectivity index (χ3n) is 2.58. The van der Waals surface area contributed by atoms with Crippen LogP contribution in [-0.4, -0.2) is 26.3 Å². The van der Waals surface area contributed by atoms with Gasteiger partial charge in [-0.15, -0.1) is 11.6 Å². The van der Waals surface area contributed by atoms with Crippen molar-refractivity contribution >= 4 is 17.3 Å². The molecule has 0 atom stereocenters. The molecule has 0 fully saturated rings. The number of hydrogen-bond donors (Lipinski definition) is 0. The molecule has 0 unspecified atom stereocenters. The summed E-state index contributed by atoms with van der Waals surface area (Å²) in [4.78, 5) is 2.32. The summed E-state index contributed by atoms with van der Waals surface area (Å²) in [7, 11) is 1.73. The molecule has 2 nitrogen and oxygen atoms in total. The van der Waals surface area contributed by atoms with Gasteiger partial charge in [0.15, 0.2) is 0 Å². The van der Waals surface area contributed by atoms with Gasteiger partial charge >= 0.3 is 0 Å². The molecule has 16 heavy (non-hydrogen) atoms. The molecule has 0 aliphatic rings. The molecule has 1 aromatic carbocycles. The van der Waals surface area contributed by atoms with Gasteiger partial charge in [-0.05, 0) is 31.5 Å². The third kappa shape index (κ3) is 3.69. The van der Waals surface area contributed by atoms with E-state index in [0.29, 0.717) is 11.9 Å². The highest BCUT2D eigenvalue weighted by atomic mass is 35.5. The maximum atomic E-state index is 5.77. The zero-order valence-corrected chi connectivity index (χ0v) is 11.0. The lowest BCUT2D eigenvalue weighted by atomic mass is 10.2. The molecule has 0 aliphatic heterocycles. The molecule has 0 radical (unpaired) electrons. The molecule has 0 aliphatic carbocycles. The van der Waals surface area contributed by atoms with Crippen LogP contribution in [0, 0.1) is 0 Å². The molecule has 0 aromatic heterocycles. The highest BCUT2D eigenvalue weighted by molar-refractivity contribution is 6.17. The minimum atomic E-state index is 0.469. The predicted octanol–water partition coefficient (Wildman–Crippen LogP) is 3.29. The van der Waals surface area contributed by atoms with Crippen LogP contribution in [0.5, 0.6) is 0 Å². The van der Waals surface area contributed by atoms with Gasteiger partial charge in [0, 0.05) is 31.3 Å². The minimum absolute atomic E-state index is 0.469. The molecule has 0 saturated carbocycles. The van der Waals surface area contributed by atoms with Crippen LogP contribution in [0.15, 0.2) is 24.3 Å². The van der Waals surface area contributed by atoms with Crippen LogP contribution in [0.3, 0.4) is 0 Å². The number of halogens is 1. The van der Waals surface area contributed by atoms with E-state index in [4.69, 9.17) is 16.3 Å². The minimum Gasteiger partial charge on any atom is -0.383 e. The fraction of sp³-hybridized carbons (Fsp3) is 0.538. The lowest BCUT2D eigenvalue weighted by molar-refractivity contribution is 0.204. The second-order valence-electron chi connectivity index (χ2n) is 4.08.